The van der Waals surface area contributed by atoms with Crippen molar-refractivity contribution >= 4 is 28.6 Å². The van der Waals surface area contributed by atoms with Crippen LogP contribution in [0.2, 0.25) is 0 Å². The molecule has 8 nitrogen and oxygen atoms in total. The summed E-state index contributed by atoms with van der Waals surface area (Å²) >= 11 is 0. The second kappa shape index (κ2) is 14.4. The van der Waals surface area contributed by atoms with Gasteiger partial charge in [0.1, 0.15) is 12.4 Å². The van der Waals surface area contributed by atoms with Crippen LogP contribution in [-0.2, 0) is 20.9 Å². The zero-order valence-electron chi connectivity index (χ0n) is 29.5. The molecule has 4 saturated carbocycles. The Balaban J connectivity index is 0.988. The highest BCUT2D eigenvalue weighted by Crippen LogP contribution is 2.49. The first-order valence-corrected chi connectivity index (χ1v) is 18.5. The molecular weight excluding hydrogens is 654 g/mol. The van der Waals surface area contributed by atoms with E-state index in [1.807, 2.05) is 49.4 Å². The normalized spacial score (nSPS) is 27.7. The van der Waals surface area contributed by atoms with Crippen molar-refractivity contribution in [2.24, 2.45) is 28.6 Å². The number of hydrogen-bond donors (Lipinski definition) is 2. The van der Waals surface area contributed by atoms with Gasteiger partial charge in [0, 0.05) is 18.7 Å². The number of ether oxygens (including phenoxy) is 3. The molecule has 2 bridgehead atoms. The number of halogens is 2. The Morgan fingerprint density at radius 3 is 2.39 bits per heavy atom. The average molecular weight is 703 g/mol. The lowest BCUT2D eigenvalue weighted by molar-refractivity contribution is -0.159. The Hall–Kier alpha value is -4.21. The van der Waals surface area contributed by atoms with Crippen molar-refractivity contribution in [2.75, 3.05) is 13.4 Å². The third kappa shape index (κ3) is 7.28. The number of carbonyl (C=O) groups is 3. The number of rotatable bonds is 12. The van der Waals surface area contributed by atoms with E-state index in [1.165, 1.54) is 12.5 Å². The van der Waals surface area contributed by atoms with Gasteiger partial charge < -0.3 is 24.8 Å². The molecule has 10 heteroatoms. The standard InChI is InChI=1S/C41H48F2N2O6/c1-40(15-6-16-40)23-44-38(47)35-26-11-12-27(19-26)36(35)45-37(46)31-20-34(32(43)21-33(31)50-24-42)51-29-13-17-41(2,18-14-29)39(48)49-22-28-9-5-8-25-7-3-4-10-30(25)28/h3-5,7-10,20-21,26-27,29,35-36H,6,11-19,22-24H2,1-2H3,(H,44,47)(H,45,46)/t26-,27+,29?,35+,36-,41?/m1/s1. The van der Waals surface area contributed by atoms with Gasteiger partial charge in [0.2, 0.25) is 12.8 Å². The molecule has 2 N–H and O–H groups in total. The van der Waals surface area contributed by atoms with Gasteiger partial charge in [-0.05, 0) is 104 Å². The average Bonchev–Trinajstić information content (AvgIpc) is 3.73. The highest BCUT2D eigenvalue weighted by molar-refractivity contribution is 5.98. The maximum absolute atomic E-state index is 15.3. The first-order chi connectivity index (χ1) is 24.6. The highest BCUT2D eigenvalue weighted by Gasteiger charge is 2.52. The predicted octanol–water partition coefficient (Wildman–Crippen LogP) is 7.81. The third-order valence-corrected chi connectivity index (χ3v) is 12.3. The van der Waals surface area contributed by atoms with Crippen LogP contribution in [-0.4, -0.2) is 43.3 Å². The van der Waals surface area contributed by atoms with Crippen molar-refractivity contribution in [3.63, 3.8) is 0 Å². The van der Waals surface area contributed by atoms with Gasteiger partial charge in [-0.25, -0.2) is 8.78 Å². The van der Waals surface area contributed by atoms with Gasteiger partial charge in [0.05, 0.1) is 23.0 Å². The number of nitrogens with one attached hydrogen (secondary N) is 2. The molecule has 3 aromatic carbocycles. The summed E-state index contributed by atoms with van der Waals surface area (Å²) in [7, 11) is 0. The maximum Gasteiger partial charge on any atom is 0.312 e. The minimum absolute atomic E-state index is 0.0364. The van der Waals surface area contributed by atoms with Crippen molar-refractivity contribution in [1.82, 2.24) is 10.6 Å². The zero-order valence-corrected chi connectivity index (χ0v) is 29.5. The quantitative estimate of drug-likeness (QED) is 0.187. The van der Waals surface area contributed by atoms with E-state index < -0.39 is 30.1 Å². The monoisotopic (exact) mass is 702 g/mol. The Labute approximate surface area is 298 Å². The zero-order chi connectivity index (χ0) is 35.8. The topological polar surface area (TPSA) is 103 Å². The molecular formula is C41H48F2N2O6. The summed E-state index contributed by atoms with van der Waals surface area (Å²) < 4.78 is 45.7. The third-order valence-electron chi connectivity index (χ3n) is 12.3. The fourth-order valence-corrected chi connectivity index (χ4v) is 8.93. The minimum Gasteiger partial charge on any atom is -0.487 e. The number of amides is 2. The second-order valence-corrected chi connectivity index (χ2v) is 15.9. The van der Waals surface area contributed by atoms with Gasteiger partial charge in [-0.1, -0.05) is 55.8 Å². The molecule has 272 valence electrons. The minimum atomic E-state index is -1.24. The van der Waals surface area contributed by atoms with E-state index in [-0.39, 0.29) is 64.8 Å². The van der Waals surface area contributed by atoms with Crippen LogP contribution in [0.4, 0.5) is 8.78 Å². The number of esters is 1. The van der Waals surface area contributed by atoms with E-state index in [4.69, 9.17) is 14.2 Å². The van der Waals surface area contributed by atoms with Gasteiger partial charge in [-0.2, -0.15) is 0 Å². The smallest absolute Gasteiger partial charge is 0.312 e. The fraction of sp³-hybridized carbons (Fsp3) is 0.537. The van der Waals surface area contributed by atoms with E-state index >= 15 is 4.39 Å². The lowest BCUT2D eigenvalue weighted by Gasteiger charge is -2.39. The SMILES string of the molecule is CC1(CNC(=O)[C@H]2[C@@H]3CC[C@@H](C3)[C@H]2NC(=O)c2cc(OC3CCC(C)(C(=O)OCc4cccc5ccccc45)CC3)c(F)cc2OCF)CCC1. The van der Waals surface area contributed by atoms with E-state index in [0.717, 1.165) is 54.5 Å². The first kappa shape index (κ1) is 35.2. The molecule has 0 radical (unpaired) electrons. The van der Waals surface area contributed by atoms with Crippen LogP contribution in [0.5, 0.6) is 11.5 Å². The molecule has 0 unspecified atom stereocenters. The molecule has 0 saturated heterocycles. The van der Waals surface area contributed by atoms with Gasteiger partial charge in [-0.15, -0.1) is 0 Å². The summed E-state index contributed by atoms with van der Waals surface area (Å²) in [5.41, 5.74) is 0.306. The maximum atomic E-state index is 15.3. The predicted molar refractivity (Wildman–Crippen MR) is 188 cm³/mol. The van der Waals surface area contributed by atoms with Crippen LogP contribution in [0, 0.1) is 34.4 Å². The lowest BCUT2D eigenvalue weighted by atomic mass is 9.70. The summed E-state index contributed by atoms with van der Waals surface area (Å²) in [6, 6.07) is 15.8. The van der Waals surface area contributed by atoms with Crippen LogP contribution in [0.1, 0.15) is 94.0 Å². The molecule has 0 aromatic heterocycles. The number of benzene rings is 3. The molecule has 51 heavy (non-hydrogen) atoms. The fourth-order valence-electron chi connectivity index (χ4n) is 8.93. The Bertz CT molecular complexity index is 1780. The van der Waals surface area contributed by atoms with Crippen molar-refractivity contribution in [3.05, 3.63) is 71.5 Å². The summed E-state index contributed by atoms with van der Waals surface area (Å²) in [5, 5.41) is 8.34. The van der Waals surface area contributed by atoms with E-state index in [2.05, 4.69) is 17.6 Å². The van der Waals surface area contributed by atoms with E-state index in [1.54, 1.807) is 0 Å². The molecule has 3 aromatic rings. The molecule has 4 aliphatic rings. The molecule has 7 rings (SSSR count). The lowest BCUT2D eigenvalue weighted by Crippen LogP contribution is -2.51. The highest BCUT2D eigenvalue weighted by atomic mass is 19.1. The Morgan fingerprint density at radius 1 is 0.902 bits per heavy atom. The summed E-state index contributed by atoms with van der Waals surface area (Å²) in [4.78, 5) is 40.5. The molecule has 4 fully saturated rings. The Kier molecular flexibility index (Phi) is 9.96. The van der Waals surface area contributed by atoms with Crippen LogP contribution >= 0.6 is 0 Å². The molecule has 2 amide bonds. The van der Waals surface area contributed by atoms with E-state index in [0.29, 0.717) is 32.2 Å². The molecule has 0 heterocycles. The van der Waals surface area contributed by atoms with Crippen LogP contribution in [0.3, 0.4) is 0 Å². The molecule has 0 aliphatic heterocycles. The number of fused-ring (bicyclic) bond motifs is 3. The van der Waals surface area contributed by atoms with Gasteiger partial charge in [0.15, 0.2) is 11.6 Å². The second-order valence-electron chi connectivity index (χ2n) is 15.9. The van der Waals surface area contributed by atoms with Gasteiger partial charge in [0.25, 0.3) is 5.91 Å². The van der Waals surface area contributed by atoms with Crippen LogP contribution in [0.15, 0.2) is 54.6 Å². The summed E-state index contributed by atoms with van der Waals surface area (Å²) in [5.74, 6) is -2.03. The summed E-state index contributed by atoms with van der Waals surface area (Å²) in [6.07, 6.45) is 7.60. The number of carbonyl (C=O) groups excluding carboxylic acids is 3. The van der Waals surface area contributed by atoms with Crippen molar-refractivity contribution in [3.8, 4) is 11.5 Å². The van der Waals surface area contributed by atoms with Crippen LogP contribution in [0.25, 0.3) is 10.8 Å². The first-order valence-electron chi connectivity index (χ1n) is 18.5. The molecule has 0 spiro atoms. The van der Waals surface area contributed by atoms with Gasteiger partial charge in [-0.3, -0.25) is 14.4 Å². The van der Waals surface area contributed by atoms with Crippen molar-refractivity contribution in [2.45, 2.75) is 96.8 Å². The summed E-state index contributed by atoms with van der Waals surface area (Å²) in [6.45, 7) is 3.63. The van der Waals surface area contributed by atoms with Crippen molar-refractivity contribution < 1.29 is 37.4 Å². The number of alkyl halides is 1. The van der Waals surface area contributed by atoms with Crippen LogP contribution < -0.4 is 20.1 Å². The Morgan fingerprint density at radius 2 is 1.65 bits per heavy atom. The van der Waals surface area contributed by atoms with Crippen molar-refractivity contribution in [1.29, 1.82) is 0 Å². The van der Waals surface area contributed by atoms with E-state index in [9.17, 15) is 18.8 Å². The largest absolute Gasteiger partial charge is 0.487 e. The van der Waals surface area contributed by atoms with Gasteiger partial charge >= 0.3 is 5.97 Å². The molecule has 4 atom stereocenters. The molecule has 4 aliphatic carbocycles. The number of hydrogen-bond acceptors (Lipinski definition) is 6.